The van der Waals surface area contributed by atoms with Crippen molar-refractivity contribution in [3.05, 3.63) is 76.3 Å². The number of carbonyl (C=O) groups excluding carboxylic acids is 1. The average molecular weight is 452 g/mol. The third-order valence-corrected chi connectivity index (χ3v) is 6.10. The standard InChI is InChI=1S/C26H26ClNO4/c1-4-31-26(29)25-22(9-6-11-32-19-13-16(2)23(27)17(3)14-19)21-8-5-7-20(24(21)28-25)18-10-12-30-15-18/h5,7-8,10,12-15,28H,4,6,9,11H2,1-3H3. The summed E-state index contributed by atoms with van der Waals surface area (Å²) in [5, 5.41) is 1.77. The van der Waals surface area contributed by atoms with Crippen LogP contribution in [0.3, 0.4) is 0 Å². The van der Waals surface area contributed by atoms with Gasteiger partial charge >= 0.3 is 5.97 Å². The van der Waals surface area contributed by atoms with Crippen LogP contribution in [0.5, 0.6) is 5.75 Å². The number of furan rings is 1. The van der Waals surface area contributed by atoms with Crippen LogP contribution in [0.1, 0.15) is 40.5 Å². The second kappa shape index (κ2) is 9.53. The van der Waals surface area contributed by atoms with Gasteiger partial charge in [0, 0.05) is 21.5 Å². The zero-order chi connectivity index (χ0) is 22.7. The lowest BCUT2D eigenvalue weighted by molar-refractivity contribution is 0.0519. The van der Waals surface area contributed by atoms with E-state index in [0.717, 1.165) is 55.9 Å². The number of esters is 1. The van der Waals surface area contributed by atoms with E-state index in [4.69, 9.17) is 25.5 Å². The second-order valence-corrected chi connectivity index (χ2v) is 8.14. The lowest BCUT2D eigenvalue weighted by atomic mass is 10.0. The van der Waals surface area contributed by atoms with Gasteiger partial charge in [0.05, 0.1) is 31.3 Å². The molecule has 0 fully saturated rings. The number of aromatic nitrogens is 1. The Bertz CT molecular complexity index is 1220. The molecule has 0 amide bonds. The summed E-state index contributed by atoms with van der Waals surface area (Å²) in [6.45, 7) is 6.59. The number of aryl methyl sites for hydroxylation is 3. The summed E-state index contributed by atoms with van der Waals surface area (Å²) in [6, 6.07) is 11.8. The highest BCUT2D eigenvalue weighted by Gasteiger charge is 2.20. The van der Waals surface area contributed by atoms with E-state index in [0.29, 0.717) is 25.3 Å². The van der Waals surface area contributed by atoms with Crippen molar-refractivity contribution in [2.45, 2.75) is 33.6 Å². The SMILES string of the molecule is CCOC(=O)c1[nH]c2c(-c3ccoc3)cccc2c1CCCOc1cc(C)c(Cl)c(C)c1. The van der Waals surface area contributed by atoms with Crippen LogP contribution in [-0.4, -0.2) is 24.2 Å². The van der Waals surface area contributed by atoms with Crippen LogP contribution in [0.15, 0.2) is 53.3 Å². The number of nitrogens with one attached hydrogen (secondary N) is 1. The van der Waals surface area contributed by atoms with E-state index in [2.05, 4.69) is 4.98 Å². The summed E-state index contributed by atoms with van der Waals surface area (Å²) in [5.41, 5.74) is 6.26. The largest absolute Gasteiger partial charge is 0.494 e. The first-order valence-corrected chi connectivity index (χ1v) is 11.1. The molecule has 2 heterocycles. The Kier molecular flexibility index (Phi) is 6.56. The molecule has 0 aliphatic heterocycles. The maximum absolute atomic E-state index is 12.7. The van der Waals surface area contributed by atoms with Gasteiger partial charge in [-0.1, -0.05) is 29.8 Å². The van der Waals surface area contributed by atoms with Crippen molar-refractivity contribution in [3.8, 4) is 16.9 Å². The third kappa shape index (κ3) is 4.39. The molecule has 1 N–H and O–H groups in total. The Morgan fingerprint density at radius 3 is 2.62 bits per heavy atom. The highest BCUT2D eigenvalue weighted by molar-refractivity contribution is 6.32. The molecule has 4 aromatic rings. The first-order chi connectivity index (χ1) is 15.5. The monoisotopic (exact) mass is 451 g/mol. The van der Waals surface area contributed by atoms with Crippen molar-refractivity contribution in [3.63, 3.8) is 0 Å². The first kappa shape index (κ1) is 22.0. The summed E-state index contributed by atoms with van der Waals surface area (Å²) in [5.74, 6) is 0.456. The summed E-state index contributed by atoms with van der Waals surface area (Å²) in [4.78, 5) is 16.0. The highest BCUT2D eigenvalue weighted by Crippen LogP contribution is 2.33. The van der Waals surface area contributed by atoms with Crippen LogP contribution < -0.4 is 4.74 Å². The number of halogens is 1. The molecule has 0 aliphatic rings. The Balaban J connectivity index is 1.58. The van der Waals surface area contributed by atoms with Crippen LogP contribution in [0.4, 0.5) is 0 Å². The van der Waals surface area contributed by atoms with Crippen LogP contribution in [-0.2, 0) is 11.2 Å². The number of ether oxygens (including phenoxy) is 2. The van der Waals surface area contributed by atoms with Gasteiger partial charge in [-0.15, -0.1) is 0 Å². The van der Waals surface area contributed by atoms with Gasteiger partial charge in [0.2, 0.25) is 0 Å². The molecule has 0 saturated carbocycles. The van der Waals surface area contributed by atoms with Gasteiger partial charge in [-0.2, -0.15) is 0 Å². The smallest absolute Gasteiger partial charge is 0.355 e. The Hall–Kier alpha value is -3.18. The molecule has 0 bridgehead atoms. The van der Waals surface area contributed by atoms with Crippen molar-refractivity contribution in [2.24, 2.45) is 0 Å². The molecule has 6 heteroatoms. The summed E-state index contributed by atoms with van der Waals surface area (Å²) < 4.78 is 16.5. The van der Waals surface area contributed by atoms with E-state index in [1.165, 1.54) is 0 Å². The first-order valence-electron chi connectivity index (χ1n) is 10.7. The van der Waals surface area contributed by atoms with Crippen molar-refractivity contribution < 1.29 is 18.7 Å². The van der Waals surface area contributed by atoms with Gasteiger partial charge in [-0.25, -0.2) is 4.79 Å². The molecule has 4 rings (SSSR count). The normalized spacial score (nSPS) is 11.1. The van der Waals surface area contributed by atoms with E-state index in [-0.39, 0.29) is 5.97 Å². The van der Waals surface area contributed by atoms with Crippen LogP contribution in [0, 0.1) is 13.8 Å². The van der Waals surface area contributed by atoms with Crippen LogP contribution in [0.25, 0.3) is 22.0 Å². The molecule has 0 radical (unpaired) electrons. The molecule has 0 unspecified atom stereocenters. The number of H-pyrrole nitrogens is 1. The van der Waals surface area contributed by atoms with Gasteiger partial charge in [-0.3, -0.25) is 0 Å². The Labute approximate surface area is 192 Å². The lowest BCUT2D eigenvalue weighted by Crippen LogP contribution is -2.09. The number of fused-ring (bicyclic) bond motifs is 1. The molecule has 0 saturated heterocycles. The van der Waals surface area contributed by atoms with Crippen molar-refractivity contribution in [1.29, 1.82) is 0 Å². The minimum absolute atomic E-state index is 0.320. The van der Waals surface area contributed by atoms with Crippen molar-refractivity contribution in [1.82, 2.24) is 4.98 Å². The molecule has 32 heavy (non-hydrogen) atoms. The number of hydrogen-bond donors (Lipinski definition) is 1. The maximum atomic E-state index is 12.7. The maximum Gasteiger partial charge on any atom is 0.355 e. The average Bonchev–Trinajstić information content (AvgIpc) is 3.43. The number of carbonyl (C=O) groups is 1. The van der Waals surface area contributed by atoms with Crippen LogP contribution >= 0.6 is 11.6 Å². The van der Waals surface area contributed by atoms with E-state index in [1.54, 1.807) is 19.5 Å². The summed E-state index contributed by atoms with van der Waals surface area (Å²) in [6.07, 6.45) is 4.76. The number of hydrogen-bond acceptors (Lipinski definition) is 4. The van der Waals surface area contributed by atoms with E-state index in [9.17, 15) is 4.79 Å². The fraction of sp³-hybridized carbons (Fsp3) is 0.269. The fourth-order valence-corrected chi connectivity index (χ4v) is 4.11. The van der Waals surface area contributed by atoms with Crippen LogP contribution in [0.2, 0.25) is 5.02 Å². The van der Waals surface area contributed by atoms with Gasteiger partial charge in [-0.05, 0) is 68.5 Å². The quantitative estimate of drug-likeness (QED) is 0.234. The zero-order valence-electron chi connectivity index (χ0n) is 18.5. The van der Waals surface area contributed by atoms with Gasteiger partial charge < -0.3 is 18.9 Å². The van der Waals surface area contributed by atoms with Gasteiger partial charge in [0.1, 0.15) is 11.4 Å². The fourth-order valence-electron chi connectivity index (χ4n) is 4.00. The predicted molar refractivity (Wildman–Crippen MR) is 127 cm³/mol. The van der Waals surface area contributed by atoms with Crippen molar-refractivity contribution >= 4 is 28.5 Å². The Morgan fingerprint density at radius 1 is 1.16 bits per heavy atom. The zero-order valence-corrected chi connectivity index (χ0v) is 19.2. The molecule has 166 valence electrons. The summed E-state index contributed by atoms with van der Waals surface area (Å²) >= 11 is 6.25. The van der Waals surface area contributed by atoms with E-state index in [1.807, 2.05) is 50.2 Å². The van der Waals surface area contributed by atoms with Crippen molar-refractivity contribution in [2.75, 3.05) is 13.2 Å². The number of rotatable bonds is 8. The topological polar surface area (TPSA) is 64.5 Å². The number of para-hydroxylation sites is 1. The lowest BCUT2D eigenvalue weighted by Gasteiger charge is -2.10. The number of benzene rings is 2. The molecule has 2 aromatic heterocycles. The number of aromatic amines is 1. The highest BCUT2D eigenvalue weighted by atomic mass is 35.5. The second-order valence-electron chi connectivity index (χ2n) is 7.76. The molecular formula is C26H26ClNO4. The molecule has 2 aromatic carbocycles. The third-order valence-electron chi connectivity index (χ3n) is 5.50. The Morgan fingerprint density at radius 2 is 1.94 bits per heavy atom. The molecule has 0 atom stereocenters. The van der Waals surface area contributed by atoms with Gasteiger partial charge in [0.15, 0.2) is 0 Å². The van der Waals surface area contributed by atoms with Gasteiger partial charge in [0.25, 0.3) is 0 Å². The predicted octanol–water partition coefficient (Wildman–Crippen LogP) is 6.89. The molecule has 0 spiro atoms. The molecule has 5 nitrogen and oxygen atoms in total. The summed E-state index contributed by atoms with van der Waals surface area (Å²) in [7, 11) is 0. The minimum Gasteiger partial charge on any atom is -0.494 e. The molecule has 0 aliphatic carbocycles. The molecular weight excluding hydrogens is 426 g/mol. The minimum atomic E-state index is -0.346. The van der Waals surface area contributed by atoms with E-state index < -0.39 is 0 Å². The van der Waals surface area contributed by atoms with E-state index >= 15 is 0 Å².